The molecule has 0 heterocycles. The van der Waals surface area contributed by atoms with Gasteiger partial charge in [-0.25, -0.2) is 0 Å². The number of hydrogen-bond acceptors (Lipinski definition) is 4. The van der Waals surface area contributed by atoms with Crippen LogP contribution in [0.5, 0.6) is 0 Å². The van der Waals surface area contributed by atoms with E-state index in [1.807, 2.05) is 36.4 Å². The van der Waals surface area contributed by atoms with Crippen molar-refractivity contribution in [2.45, 2.75) is 12.8 Å². The van der Waals surface area contributed by atoms with Crippen LogP contribution in [-0.4, -0.2) is 16.6 Å². The second-order valence-corrected chi connectivity index (χ2v) is 6.22. The highest BCUT2D eigenvalue weighted by Gasteiger charge is 2.18. The molecule has 0 unspecified atom stereocenters. The summed E-state index contributed by atoms with van der Waals surface area (Å²) in [6.45, 7) is 0. The van der Waals surface area contributed by atoms with E-state index in [9.17, 15) is 19.7 Å². The summed E-state index contributed by atoms with van der Waals surface area (Å²) in [6.07, 6.45) is 0.558. The molecule has 1 amide bonds. The minimum Gasteiger partial charge on any atom is -0.319 e. The van der Waals surface area contributed by atoms with E-state index < -0.39 is 16.6 Å². The van der Waals surface area contributed by atoms with Crippen LogP contribution in [0.3, 0.4) is 0 Å². The molecule has 0 aliphatic rings. The van der Waals surface area contributed by atoms with Gasteiger partial charge in [-0.3, -0.25) is 19.7 Å². The van der Waals surface area contributed by atoms with Crippen LogP contribution >= 0.6 is 0 Å². The van der Waals surface area contributed by atoms with Gasteiger partial charge in [-0.1, -0.05) is 60.7 Å². The van der Waals surface area contributed by atoms with Crippen LogP contribution in [-0.2, 0) is 16.0 Å². The zero-order valence-corrected chi connectivity index (χ0v) is 15.0. The Morgan fingerprint density at radius 1 is 0.893 bits per heavy atom. The summed E-state index contributed by atoms with van der Waals surface area (Å²) in [5.74, 6) is -1.27. The van der Waals surface area contributed by atoms with Crippen molar-refractivity contribution in [3.8, 4) is 11.1 Å². The number of anilines is 1. The second-order valence-electron chi connectivity index (χ2n) is 6.22. The van der Waals surface area contributed by atoms with Crippen LogP contribution < -0.4 is 5.32 Å². The lowest BCUT2D eigenvalue weighted by atomic mass is 10.0. The van der Waals surface area contributed by atoms with Crippen molar-refractivity contribution in [1.29, 1.82) is 0 Å². The summed E-state index contributed by atoms with van der Waals surface area (Å²) in [6, 6.07) is 22.6. The first-order chi connectivity index (χ1) is 13.5. The Bertz CT molecular complexity index is 1000. The predicted octanol–water partition coefficient (Wildman–Crippen LogP) is 4.40. The molecular weight excluding hydrogens is 356 g/mol. The van der Waals surface area contributed by atoms with E-state index >= 15 is 0 Å². The number of Topliss-reactive ketones (excluding diaryl/α,β-unsaturated/α-hetero) is 1. The number of aryl methyl sites for hydroxylation is 1. The Hall–Kier alpha value is -3.80. The van der Waals surface area contributed by atoms with Crippen molar-refractivity contribution in [3.05, 3.63) is 94.5 Å². The molecule has 0 atom stereocenters. The number of rotatable bonds is 7. The first-order valence-electron chi connectivity index (χ1n) is 8.76. The van der Waals surface area contributed by atoms with E-state index in [0.717, 1.165) is 5.56 Å². The number of ketones is 1. The first-order valence-corrected chi connectivity index (χ1v) is 8.76. The highest BCUT2D eigenvalue weighted by molar-refractivity contribution is 6.40. The largest absolute Gasteiger partial charge is 0.319 e. The number of nitrogens with zero attached hydrogens (tertiary/aromatic N) is 1. The van der Waals surface area contributed by atoms with Crippen LogP contribution in [0.15, 0.2) is 78.9 Å². The predicted molar refractivity (Wildman–Crippen MR) is 107 cm³/mol. The highest BCUT2D eigenvalue weighted by atomic mass is 16.6. The van der Waals surface area contributed by atoms with E-state index in [2.05, 4.69) is 5.32 Å². The molecule has 0 bridgehead atoms. The van der Waals surface area contributed by atoms with Gasteiger partial charge in [0, 0.05) is 29.8 Å². The molecule has 28 heavy (non-hydrogen) atoms. The fraction of sp³-hybridized carbons (Fsp3) is 0.0909. The van der Waals surface area contributed by atoms with Crippen molar-refractivity contribution >= 4 is 23.1 Å². The highest BCUT2D eigenvalue weighted by Crippen LogP contribution is 2.31. The molecule has 1 N–H and O–H groups in total. The van der Waals surface area contributed by atoms with Crippen LogP contribution in [0.4, 0.5) is 11.4 Å². The van der Waals surface area contributed by atoms with Gasteiger partial charge in [0.15, 0.2) is 0 Å². The Morgan fingerprint density at radius 3 is 2.18 bits per heavy atom. The average molecular weight is 374 g/mol. The summed E-state index contributed by atoms with van der Waals surface area (Å²) in [7, 11) is 0. The number of carbonyl (C=O) groups is 2. The molecule has 0 saturated heterocycles. The second kappa shape index (κ2) is 8.73. The Balaban J connectivity index is 1.78. The molecule has 0 fully saturated rings. The molecule has 6 nitrogen and oxygen atoms in total. The molecule has 140 valence electrons. The van der Waals surface area contributed by atoms with Crippen molar-refractivity contribution < 1.29 is 14.5 Å². The van der Waals surface area contributed by atoms with Crippen molar-refractivity contribution in [3.63, 3.8) is 0 Å². The molecule has 0 aliphatic carbocycles. The zero-order chi connectivity index (χ0) is 19.9. The van der Waals surface area contributed by atoms with E-state index in [1.54, 1.807) is 24.3 Å². The maximum absolute atomic E-state index is 12.3. The lowest BCUT2D eigenvalue weighted by Gasteiger charge is -2.11. The maximum Gasteiger partial charge on any atom is 0.291 e. The molecule has 0 aromatic heterocycles. The third kappa shape index (κ3) is 4.67. The van der Waals surface area contributed by atoms with E-state index in [1.165, 1.54) is 18.2 Å². The van der Waals surface area contributed by atoms with Gasteiger partial charge in [-0.15, -0.1) is 0 Å². The molecule has 3 rings (SSSR count). The molecule has 3 aromatic rings. The smallest absolute Gasteiger partial charge is 0.291 e. The van der Waals surface area contributed by atoms with E-state index in [0.29, 0.717) is 23.2 Å². The Labute approximate surface area is 162 Å². The lowest BCUT2D eigenvalue weighted by molar-refractivity contribution is -0.384. The number of amides is 1. The fourth-order valence-electron chi connectivity index (χ4n) is 2.82. The minimum absolute atomic E-state index is 0.0868. The molecule has 3 aromatic carbocycles. The zero-order valence-electron chi connectivity index (χ0n) is 15.0. The van der Waals surface area contributed by atoms with Gasteiger partial charge in [0.2, 0.25) is 5.78 Å². The molecular formula is C22H18N2O4. The van der Waals surface area contributed by atoms with Gasteiger partial charge in [0.25, 0.3) is 11.6 Å². The minimum atomic E-state index is -0.734. The van der Waals surface area contributed by atoms with Gasteiger partial charge in [0.1, 0.15) is 0 Å². The number of benzene rings is 3. The van der Waals surface area contributed by atoms with Crippen LogP contribution in [0.2, 0.25) is 0 Å². The summed E-state index contributed by atoms with van der Waals surface area (Å²) >= 11 is 0. The Kier molecular flexibility index (Phi) is 5.91. The number of non-ortho nitro benzene ring substituents is 1. The van der Waals surface area contributed by atoms with Gasteiger partial charge in [-0.2, -0.15) is 0 Å². The van der Waals surface area contributed by atoms with E-state index in [-0.39, 0.29) is 12.1 Å². The molecule has 0 spiro atoms. The summed E-state index contributed by atoms with van der Waals surface area (Å²) in [5, 5.41) is 13.7. The molecule has 0 aliphatic heterocycles. The van der Waals surface area contributed by atoms with E-state index in [4.69, 9.17) is 0 Å². The first kappa shape index (κ1) is 19.0. The van der Waals surface area contributed by atoms with Crippen molar-refractivity contribution in [2.75, 3.05) is 5.32 Å². The SMILES string of the molecule is O=C(CCc1ccccc1)C(=O)Nc1ccc([N+](=O)[O-])cc1-c1ccccc1. The van der Waals surface area contributed by atoms with Crippen LogP contribution in [0.25, 0.3) is 11.1 Å². The number of nitrogens with one attached hydrogen (secondary N) is 1. The number of nitro groups is 1. The van der Waals surface area contributed by atoms with Crippen molar-refractivity contribution in [1.82, 2.24) is 0 Å². The Morgan fingerprint density at radius 2 is 1.54 bits per heavy atom. The molecule has 0 radical (unpaired) electrons. The average Bonchev–Trinajstić information content (AvgIpc) is 2.73. The summed E-state index contributed by atoms with van der Waals surface area (Å²) in [4.78, 5) is 35.2. The maximum atomic E-state index is 12.3. The standard InChI is InChI=1S/C22H18N2O4/c25-21(14-11-16-7-3-1-4-8-16)22(26)23-20-13-12-18(24(27)28)15-19(20)17-9-5-2-6-10-17/h1-10,12-13,15H,11,14H2,(H,23,26). The van der Waals surface area contributed by atoms with Crippen LogP contribution in [0.1, 0.15) is 12.0 Å². The quantitative estimate of drug-likeness (QED) is 0.377. The molecule has 6 heteroatoms. The third-order valence-corrected chi connectivity index (χ3v) is 4.28. The van der Waals surface area contributed by atoms with Crippen molar-refractivity contribution in [2.24, 2.45) is 0 Å². The number of nitro benzene ring substituents is 1. The topological polar surface area (TPSA) is 89.3 Å². The monoisotopic (exact) mass is 374 g/mol. The van der Waals surface area contributed by atoms with Crippen LogP contribution in [0, 0.1) is 10.1 Å². The van der Waals surface area contributed by atoms with Gasteiger partial charge < -0.3 is 5.32 Å². The number of carbonyl (C=O) groups excluding carboxylic acids is 2. The fourth-order valence-corrected chi connectivity index (χ4v) is 2.82. The van der Waals surface area contributed by atoms with Gasteiger partial charge >= 0.3 is 0 Å². The lowest BCUT2D eigenvalue weighted by Crippen LogP contribution is -2.23. The summed E-state index contributed by atoms with van der Waals surface area (Å²) in [5.41, 5.74) is 2.43. The molecule has 0 saturated carbocycles. The number of hydrogen-bond donors (Lipinski definition) is 1. The normalized spacial score (nSPS) is 10.3. The third-order valence-electron chi connectivity index (χ3n) is 4.28. The summed E-state index contributed by atoms with van der Waals surface area (Å²) < 4.78 is 0. The van der Waals surface area contributed by atoms with Gasteiger partial charge in [-0.05, 0) is 23.6 Å². The van der Waals surface area contributed by atoms with Gasteiger partial charge in [0.05, 0.1) is 4.92 Å².